The molecule has 0 spiro atoms. The van der Waals surface area contributed by atoms with Crippen LogP contribution in [-0.4, -0.2) is 78.0 Å². The van der Waals surface area contributed by atoms with E-state index < -0.39 is 0 Å². The van der Waals surface area contributed by atoms with E-state index in [2.05, 4.69) is 55.7 Å². The molecule has 1 unspecified atom stereocenters. The molecular formula is C21H30N6O. The highest BCUT2D eigenvalue weighted by Gasteiger charge is 2.30. The number of hydrogen-bond acceptors (Lipinski definition) is 4. The van der Waals surface area contributed by atoms with Gasteiger partial charge in [0.1, 0.15) is 0 Å². The van der Waals surface area contributed by atoms with Crippen LogP contribution in [0.1, 0.15) is 17.5 Å². The van der Waals surface area contributed by atoms with E-state index >= 15 is 0 Å². The maximum absolute atomic E-state index is 5.48. The maximum atomic E-state index is 5.48. The molecule has 2 aromatic rings. The fourth-order valence-electron chi connectivity index (χ4n) is 4.04. The Kier molecular flexibility index (Phi) is 6.24. The first-order chi connectivity index (χ1) is 13.8. The molecule has 1 aromatic heterocycles. The normalized spacial score (nSPS) is 21.2. The Bertz CT molecular complexity index is 768. The van der Waals surface area contributed by atoms with E-state index in [4.69, 9.17) is 4.74 Å². The van der Waals surface area contributed by atoms with Gasteiger partial charge in [-0.15, -0.1) is 0 Å². The first-order valence-electron chi connectivity index (χ1n) is 10.1. The number of ether oxygens (including phenoxy) is 1. The summed E-state index contributed by atoms with van der Waals surface area (Å²) in [5, 5.41) is 8.00. The highest BCUT2D eigenvalue weighted by molar-refractivity contribution is 5.80. The monoisotopic (exact) mass is 382 g/mol. The third kappa shape index (κ3) is 4.72. The van der Waals surface area contributed by atoms with Gasteiger partial charge in [0.25, 0.3) is 0 Å². The first kappa shape index (κ1) is 19.0. The Morgan fingerprint density at radius 2 is 2.00 bits per heavy atom. The van der Waals surface area contributed by atoms with Crippen LogP contribution < -0.4 is 5.32 Å². The Balaban J connectivity index is 1.28. The van der Waals surface area contributed by atoms with Crippen molar-refractivity contribution in [2.75, 3.05) is 46.4 Å². The molecule has 1 aromatic carbocycles. The molecule has 4 rings (SSSR count). The van der Waals surface area contributed by atoms with Crippen molar-refractivity contribution in [2.45, 2.75) is 25.6 Å². The van der Waals surface area contributed by atoms with Gasteiger partial charge >= 0.3 is 0 Å². The van der Waals surface area contributed by atoms with E-state index in [1.54, 1.807) is 0 Å². The first-order valence-corrected chi connectivity index (χ1v) is 10.1. The van der Waals surface area contributed by atoms with Crippen LogP contribution in [0.5, 0.6) is 0 Å². The summed E-state index contributed by atoms with van der Waals surface area (Å²) in [6.45, 7) is 7.42. The molecule has 2 saturated heterocycles. The number of guanidine groups is 1. The minimum absolute atomic E-state index is 0.607. The van der Waals surface area contributed by atoms with Crippen molar-refractivity contribution >= 4 is 5.96 Å². The summed E-state index contributed by atoms with van der Waals surface area (Å²) < 4.78 is 7.47. The van der Waals surface area contributed by atoms with Crippen LogP contribution >= 0.6 is 0 Å². The van der Waals surface area contributed by atoms with E-state index in [1.807, 2.05) is 24.0 Å². The van der Waals surface area contributed by atoms with Gasteiger partial charge in [0.15, 0.2) is 5.96 Å². The van der Waals surface area contributed by atoms with E-state index in [-0.39, 0.29) is 0 Å². The van der Waals surface area contributed by atoms with Crippen molar-refractivity contribution < 1.29 is 4.74 Å². The molecule has 0 amide bonds. The average molecular weight is 383 g/mol. The van der Waals surface area contributed by atoms with E-state index in [0.29, 0.717) is 6.04 Å². The van der Waals surface area contributed by atoms with Gasteiger partial charge in [0, 0.05) is 57.6 Å². The predicted octanol–water partition coefficient (Wildman–Crippen LogP) is 1.41. The van der Waals surface area contributed by atoms with Crippen LogP contribution in [0.25, 0.3) is 0 Å². The second-order valence-corrected chi connectivity index (χ2v) is 7.47. The van der Waals surface area contributed by atoms with Gasteiger partial charge in [0.05, 0.1) is 26.0 Å². The zero-order chi connectivity index (χ0) is 19.2. The molecule has 3 heterocycles. The second-order valence-electron chi connectivity index (χ2n) is 7.47. The van der Waals surface area contributed by atoms with Crippen molar-refractivity contribution in [3.8, 4) is 0 Å². The van der Waals surface area contributed by atoms with Gasteiger partial charge in [-0.3, -0.25) is 14.6 Å². The smallest absolute Gasteiger partial charge is 0.193 e. The quantitative estimate of drug-likeness (QED) is 0.626. The van der Waals surface area contributed by atoms with Crippen LogP contribution in [0, 0.1) is 0 Å². The van der Waals surface area contributed by atoms with Crippen LogP contribution in [0.2, 0.25) is 0 Å². The number of rotatable bonds is 5. The third-order valence-corrected chi connectivity index (χ3v) is 5.56. The Morgan fingerprint density at radius 3 is 2.79 bits per heavy atom. The molecule has 150 valence electrons. The predicted molar refractivity (Wildman–Crippen MR) is 110 cm³/mol. The van der Waals surface area contributed by atoms with Crippen LogP contribution in [-0.2, 0) is 17.8 Å². The van der Waals surface area contributed by atoms with Crippen molar-refractivity contribution in [1.82, 2.24) is 24.9 Å². The molecule has 7 heteroatoms. The van der Waals surface area contributed by atoms with Crippen molar-refractivity contribution in [2.24, 2.45) is 4.99 Å². The fourth-order valence-corrected chi connectivity index (χ4v) is 4.04. The molecule has 28 heavy (non-hydrogen) atoms. The fraction of sp³-hybridized carbons (Fsp3) is 0.524. The standard InChI is InChI=1S/C21H30N6O/c1-22-21(26-8-7-20(17-26)25-9-11-28-12-10-25)23-13-19-14-24-27(16-19)15-18-5-3-2-4-6-18/h2-6,14,16,20H,7-13,15,17H2,1H3,(H,22,23). The van der Waals surface area contributed by atoms with Gasteiger partial charge < -0.3 is 15.0 Å². The number of aliphatic imine (C=N–C) groups is 1. The maximum Gasteiger partial charge on any atom is 0.193 e. The largest absolute Gasteiger partial charge is 0.379 e. The number of morpholine rings is 1. The van der Waals surface area contributed by atoms with Crippen LogP contribution in [0.15, 0.2) is 47.7 Å². The lowest BCUT2D eigenvalue weighted by atomic mass is 10.2. The summed E-state index contributed by atoms with van der Waals surface area (Å²) in [7, 11) is 1.86. The summed E-state index contributed by atoms with van der Waals surface area (Å²) in [5.41, 5.74) is 2.42. The summed E-state index contributed by atoms with van der Waals surface area (Å²) in [6.07, 6.45) is 5.23. The molecule has 1 N–H and O–H groups in total. The van der Waals surface area contributed by atoms with E-state index in [1.165, 1.54) is 17.5 Å². The highest BCUT2D eigenvalue weighted by Crippen LogP contribution is 2.17. The Hall–Kier alpha value is -2.38. The molecule has 2 aliphatic heterocycles. The van der Waals surface area contributed by atoms with Gasteiger partial charge in [-0.2, -0.15) is 5.10 Å². The minimum Gasteiger partial charge on any atom is -0.379 e. The molecule has 1 atom stereocenters. The summed E-state index contributed by atoms with van der Waals surface area (Å²) >= 11 is 0. The molecule has 7 nitrogen and oxygen atoms in total. The second kappa shape index (κ2) is 9.21. The number of likely N-dealkylation sites (tertiary alicyclic amines) is 1. The van der Waals surface area contributed by atoms with Gasteiger partial charge in [-0.05, 0) is 12.0 Å². The van der Waals surface area contributed by atoms with Gasteiger partial charge in [0.2, 0.25) is 0 Å². The zero-order valence-electron chi connectivity index (χ0n) is 16.6. The summed E-state index contributed by atoms with van der Waals surface area (Å²) in [5.74, 6) is 0.978. The molecular weight excluding hydrogens is 352 g/mol. The van der Waals surface area contributed by atoms with Crippen molar-refractivity contribution in [3.63, 3.8) is 0 Å². The SMILES string of the molecule is CN=C(NCc1cnn(Cc2ccccc2)c1)N1CCC(N2CCOCC2)C1. The highest BCUT2D eigenvalue weighted by atomic mass is 16.5. The number of nitrogens with zero attached hydrogens (tertiary/aromatic N) is 5. The third-order valence-electron chi connectivity index (χ3n) is 5.56. The lowest BCUT2D eigenvalue weighted by Gasteiger charge is -2.32. The summed E-state index contributed by atoms with van der Waals surface area (Å²) in [6, 6.07) is 11.0. The minimum atomic E-state index is 0.607. The molecule has 2 fully saturated rings. The number of hydrogen-bond donors (Lipinski definition) is 1. The zero-order valence-corrected chi connectivity index (χ0v) is 16.6. The molecule has 0 aliphatic carbocycles. The number of nitrogens with one attached hydrogen (secondary N) is 1. The van der Waals surface area contributed by atoms with Crippen molar-refractivity contribution in [1.29, 1.82) is 0 Å². The van der Waals surface area contributed by atoms with Crippen LogP contribution in [0.4, 0.5) is 0 Å². The number of benzene rings is 1. The molecule has 0 bridgehead atoms. The Morgan fingerprint density at radius 1 is 1.18 bits per heavy atom. The number of aromatic nitrogens is 2. The molecule has 2 aliphatic rings. The van der Waals surface area contributed by atoms with E-state index in [0.717, 1.165) is 58.4 Å². The lowest BCUT2D eigenvalue weighted by molar-refractivity contribution is 0.0195. The molecule has 0 saturated carbocycles. The van der Waals surface area contributed by atoms with Crippen molar-refractivity contribution in [3.05, 3.63) is 53.9 Å². The Labute approximate surface area is 167 Å². The lowest BCUT2D eigenvalue weighted by Crippen LogP contribution is -2.46. The average Bonchev–Trinajstić information content (AvgIpc) is 3.40. The summed E-state index contributed by atoms with van der Waals surface area (Å²) in [4.78, 5) is 9.43. The topological polar surface area (TPSA) is 57.9 Å². The van der Waals surface area contributed by atoms with Gasteiger partial charge in [-0.1, -0.05) is 30.3 Å². The van der Waals surface area contributed by atoms with E-state index in [9.17, 15) is 0 Å². The van der Waals surface area contributed by atoms with Gasteiger partial charge in [-0.25, -0.2) is 0 Å². The van der Waals surface area contributed by atoms with Crippen LogP contribution in [0.3, 0.4) is 0 Å². The molecule has 0 radical (unpaired) electrons.